The van der Waals surface area contributed by atoms with Gasteiger partial charge in [0.25, 0.3) is 5.56 Å². The molecule has 0 atom stereocenters. The highest BCUT2D eigenvalue weighted by atomic mass is 32.2. The van der Waals surface area contributed by atoms with E-state index in [1.54, 1.807) is 36.0 Å². The van der Waals surface area contributed by atoms with Crippen LogP contribution in [0.5, 0.6) is 0 Å². The number of carboxylic acid groups (broad SMARTS) is 1. The molecular weight excluding hydrogens is 368 g/mol. The van der Waals surface area contributed by atoms with Gasteiger partial charge in [0, 0.05) is 22.5 Å². The normalized spacial score (nSPS) is 10.6. The number of aromatic carboxylic acids is 1. The first-order chi connectivity index (χ1) is 12.6. The van der Waals surface area contributed by atoms with Gasteiger partial charge in [-0.1, -0.05) is 42.1 Å². The molecule has 0 aliphatic rings. The quantitative estimate of drug-likeness (QED) is 0.472. The van der Waals surface area contributed by atoms with E-state index in [1.165, 1.54) is 17.8 Å². The number of nitrogens with zero attached hydrogens (tertiary/aromatic N) is 1. The van der Waals surface area contributed by atoms with Crippen LogP contribution in [0, 0.1) is 0 Å². The van der Waals surface area contributed by atoms with Crippen LogP contribution >= 0.6 is 23.5 Å². The SMILES string of the molecule is O=C(O)c1ccc(CSc2nc(CSc3ccccc3)cc(=O)[nH]2)cc1. The molecule has 0 radical (unpaired) electrons. The van der Waals surface area contributed by atoms with Crippen molar-refractivity contribution in [2.45, 2.75) is 21.6 Å². The van der Waals surface area contributed by atoms with Crippen molar-refractivity contribution in [3.05, 3.63) is 87.8 Å². The van der Waals surface area contributed by atoms with Gasteiger partial charge >= 0.3 is 5.97 Å². The van der Waals surface area contributed by atoms with Gasteiger partial charge in [0.15, 0.2) is 5.16 Å². The van der Waals surface area contributed by atoms with Crippen molar-refractivity contribution in [3.8, 4) is 0 Å². The van der Waals surface area contributed by atoms with E-state index in [4.69, 9.17) is 5.11 Å². The number of benzene rings is 2. The Bertz CT molecular complexity index is 941. The summed E-state index contributed by atoms with van der Waals surface area (Å²) in [5.74, 6) is 0.270. The van der Waals surface area contributed by atoms with Gasteiger partial charge in [-0.2, -0.15) is 0 Å². The number of nitrogens with one attached hydrogen (secondary N) is 1. The van der Waals surface area contributed by atoms with Crippen LogP contribution in [0.2, 0.25) is 0 Å². The molecule has 2 aromatic carbocycles. The molecule has 2 N–H and O–H groups in total. The van der Waals surface area contributed by atoms with Gasteiger partial charge in [0.2, 0.25) is 0 Å². The molecule has 7 heteroatoms. The molecule has 3 aromatic rings. The highest BCUT2D eigenvalue weighted by molar-refractivity contribution is 7.98. The smallest absolute Gasteiger partial charge is 0.335 e. The molecule has 0 fully saturated rings. The first-order valence-corrected chi connectivity index (χ1v) is 9.80. The van der Waals surface area contributed by atoms with Crippen LogP contribution in [0.3, 0.4) is 0 Å². The minimum atomic E-state index is -0.946. The summed E-state index contributed by atoms with van der Waals surface area (Å²) < 4.78 is 0. The maximum Gasteiger partial charge on any atom is 0.335 e. The molecule has 0 amide bonds. The highest BCUT2D eigenvalue weighted by Crippen LogP contribution is 2.23. The molecule has 3 rings (SSSR count). The molecule has 0 aliphatic carbocycles. The third-order valence-electron chi connectivity index (χ3n) is 3.48. The van der Waals surface area contributed by atoms with E-state index in [0.717, 1.165) is 16.2 Å². The van der Waals surface area contributed by atoms with E-state index in [2.05, 4.69) is 9.97 Å². The van der Waals surface area contributed by atoms with Crippen LogP contribution in [0.1, 0.15) is 21.6 Å². The third-order valence-corrected chi connectivity index (χ3v) is 5.47. The predicted molar refractivity (Wildman–Crippen MR) is 104 cm³/mol. The summed E-state index contributed by atoms with van der Waals surface area (Å²) in [7, 11) is 0. The molecule has 0 saturated carbocycles. The second-order valence-electron chi connectivity index (χ2n) is 5.43. The summed E-state index contributed by atoms with van der Waals surface area (Å²) in [4.78, 5) is 31.1. The molecule has 5 nitrogen and oxygen atoms in total. The van der Waals surface area contributed by atoms with E-state index in [-0.39, 0.29) is 11.1 Å². The Kier molecular flexibility index (Phi) is 6.14. The Morgan fingerprint density at radius 2 is 1.73 bits per heavy atom. The largest absolute Gasteiger partial charge is 0.478 e. The molecule has 26 heavy (non-hydrogen) atoms. The van der Waals surface area contributed by atoms with Crippen molar-refractivity contribution >= 4 is 29.5 Å². The Balaban J connectivity index is 1.63. The van der Waals surface area contributed by atoms with Crippen molar-refractivity contribution in [1.82, 2.24) is 9.97 Å². The molecule has 0 saturated heterocycles. The van der Waals surface area contributed by atoms with Crippen molar-refractivity contribution in [3.63, 3.8) is 0 Å². The highest BCUT2D eigenvalue weighted by Gasteiger charge is 2.06. The Labute approximate surface area is 158 Å². The fraction of sp³-hybridized carbons (Fsp3) is 0.105. The minimum Gasteiger partial charge on any atom is -0.478 e. The average Bonchev–Trinajstić information content (AvgIpc) is 2.65. The fourth-order valence-electron chi connectivity index (χ4n) is 2.19. The number of hydrogen-bond acceptors (Lipinski definition) is 5. The first-order valence-electron chi connectivity index (χ1n) is 7.83. The van der Waals surface area contributed by atoms with Crippen LogP contribution in [0.4, 0.5) is 0 Å². The van der Waals surface area contributed by atoms with Gasteiger partial charge in [-0.05, 0) is 29.8 Å². The zero-order valence-corrected chi connectivity index (χ0v) is 15.3. The van der Waals surface area contributed by atoms with Gasteiger partial charge in [-0.3, -0.25) is 4.79 Å². The van der Waals surface area contributed by atoms with Crippen LogP contribution in [-0.4, -0.2) is 21.0 Å². The standard InChI is InChI=1S/C19H16N2O3S2/c22-17-10-15(12-25-16-4-2-1-3-5-16)20-19(21-17)26-11-13-6-8-14(9-7-13)18(23)24/h1-10H,11-12H2,(H,23,24)(H,20,21,22). The van der Waals surface area contributed by atoms with Gasteiger partial charge in [0.05, 0.1) is 11.3 Å². The molecule has 0 bridgehead atoms. The maximum atomic E-state index is 11.9. The second kappa shape index (κ2) is 8.73. The first kappa shape index (κ1) is 18.3. The van der Waals surface area contributed by atoms with E-state index in [1.807, 2.05) is 30.3 Å². The van der Waals surface area contributed by atoms with Gasteiger partial charge in [0.1, 0.15) is 0 Å². The number of carboxylic acids is 1. The fourth-order valence-corrected chi connectivity index (χ4v) is 3.86. The third kappa shape index (κ3) is 5.24. The summed E-state index contributed by atoms with van der Waals surface area (Å²) >= 11 is 3.04. The molecule has 0 spiro atoms. The Hall–Kier alpha value is -2.51. The van der Waals surface area contributed by atoms with E-state index < -0.39 is 5.97 Å². The number of thioether (sulfide) groups is 2. The van der Waals surface area contributed by atoms with Crippen molar-refractivity contribution in [1.29, 1.82) is 0 Å². The summed E-state index contributed by atoms with van der Waals surface area (Å²) in [5.41, 5.74) is 1.77. The lowest BCUT2D eigenvalue weighted by Crippen LogP contribution is -2.09. The number of hydrogen-bond donors (Lipinski definition) is 2. The number of rotatable bonds is 7. The van der Waals surface area contributed by atoms with Crippen molar-refractivity contribution < 1.29 is 9.90 Å². The lowest BCUT2D eigenvalue weighted by Gasteiger charge is -2.05. The van der Waals surface area contributed by atoms with Gasteiger partial charge in [-0.15, -0.1) is 11.8 Å². The molecule has 1 heterocycles. The van der Waals surface area contributed by atoms with Crippen LogP contribution in [0.15, 0.2) is 75.5 Å². The summed E-state index contributed by atoms with van der Waals surface area (Å²) in [6.07, 6.45) is 0. The molecular formula is C19H16N2O3S2. The van der Waals surface area contributed by atoms with Gasteiger partial charge < -0.3 is 10.1 Å². The molecule has 0 aliphatic heterocycles. The Morgan fingerprint density at radius 3 is 2.42 bits per heavy atom. The molecule has 0 unspecified atom stereocenters. The molecule has 132 valence electrons. The summed E-state index contributed by atoms with van der Waals surface area (Å²) in [6, 6.07) is 18.2. The van der Waals surface area contributed by atoms with Crippen LogP contribution < -0.4 is 5.56 Å². The van der Waals surface area contributed by atoms with Crippen molar-refractivity contribution in [2.75, 3.05) is 0 Å². The average molecular weight is 384 g/mol. The van der Waals surface area contributed by atoms with Crippen LogP contribution in [0.25, 0.3) is 0 Å². The zero-order valence-electron chi connectivity index (χ0n) is 13.7. The Morgan fingerprint density at radius 1 is 1.00 bits per heavy atom. The molecule has 1 aromatic heterocycles. The van der Waals surface area contributed by atoms with Crippen molar-refractivity contribution in [2.24, 2.45) is 0 Å². The maximum absolute atomic E-state index is 11.9. The zero-order chi connectivity index (χ0) is 18.4. The van der Waals surface area contributed by atoms with E-state index in [9.17, 15) is 9.59 Å². The number of H-pyrrole nitrogens is 1. The lowest BCUT2D eigenvalue weighted by molar-refractivity contribution is 0.0697. The minimum absolute atomic E-state index is 0.174. The lowest BCUT2D eigenvalue weighted by atomic mass is 10.1. The summed E-state index contributed by atoms with van der Waals surface area (Å²) in [6.45, 7) is 0. The van der Waals surface area contributed by atoms with E-state index >= 15 is 0 Å². The van der Waals surface area contributed by atoms with E-state index in [0.29, 0.717) is 16.7 Å². The van der Waals surface area contributed by atoms with Crippen LogP contribution in [-0.2, 0) is 11.5 Å². The monoisotopic (exact) mass is 384 g/mol. The topological polar surface area (TPSA) is 83.0 Å². The van der Waals surface area contributed by atoms with Gasteiger partial charge in [-0.25, -0.2) is 9.78 Å². The predicted octanol–water partition coefficient (Wildman–Crippen LogP) is 4.05. The number of carbonyl (C=O) groups is 1. The number of aromatic nitrogens is 2. The number of aromatic amines is 1. The second-order valence-corrected chi connectivity index (χ2v) is 7.45. The summed E-state index contributed by atoms with van der Waals surface area (Å²) in [5, 5.41) is 9.48.